The van der Waals surface area contributed by atoms with Crippen molar-refractivity contribution in [1.82, 2.24) is 25.0 Å². The average molecular weight is 544 g/mol. The minimum Gasteiger partial charge on any atom is -0.384 e. The molecule has 4 rings (SSSR count). The van der Waals surface area contributed by atoms with E-state index in [9.17, 15) is 23.1 Å². The Hall–Kier alpha value is -3.24. The summed E-state index contributed by atoms with van der Waals surface area (Å²) in [5.41, 5.74) is -0.143. The second-order valence-electron chi connectivity index (χ2n) is 11.5. The first kappa shape index (κ1) is 28.8. The van der Waals surface area contributed by atoms with Crippen LogP contribution >= 0.6 is 0 Å². The highest BCUT2D eigenvalue weighted by Gasteiger charge is 2.42. The Kier molecular flexibility index (Phi) is 8.46. The van der Waals surface area contributed by atoms with E-state index in [1.165, 1.54) is 23.7 Å². The number of aliphatic hydroxyl groups excluding tert-OH is 1. The minimum atomic E-state index is -1.26. The van der Waals surface area contributed by atoms with Gasteiger partial charge in [-0.2, -0.15) is 5.10 Å². The van der Waals surface area contributed by atoms with Crippen LogP contribution in [0.5, 0.6) is 0 Å². The fourth-order valence-electron chi connectivity index (χ4n) is 5.18. The molecule has 0 saturated carbocycles. The number of carbonyl (C=O) groups is 1. The Morgan fingerprint density at radius 2 is 1.87 bits per heavy atom. The molecule has 0 unspecified atom stereocenters. The maximum Gasteiger partial charge on any atom is 0.251 e. The molecular formula is C29H36F3N5O2. The van der Waals surface area contributed by atoms with Crippen LogP contribution < -0.4 is 5.32 Å². The van der Waals surface area contributed by atoms with Crippen molar-refractivity contribution in [2.24, 2.45) is 17.3 Å². The van der Waals surface area contributed by atoms with Gasteiger partial charge in [-0.3, -0.25) is 4.79 Å². The van der Waals surface area contributed by atoms with Gasteiger partial charge in [0.25, 0.3) is 5.91 Å². The highest BCUT2D eigenvalue weighted by molar-refractivity contribution is 5.80. The third kappa shape index (κ3) is 6.50. The van der Waals surface area contributed by atoms with Gasteiger partial charge in [0.15, 0.2) is 11.6 Å². The molecule has 1 saturated heterocycles. The molecule has 0 radical (unpaired) electrons. The van der Waals surface area contributed by atoms with Crippen LogP contribution in [0.15, 0.2) is 42.5 Å². The van der Waals surface area contributed by atoms with Gasteiger partial charge in [-0.15, -0.1) is 0 Å². The number of benzene rings is 2. The number of amides is 1. The third-order valence-corrected chi connectivity index (χ3v) is 7.22. The van der Waals surface area contributed by atoms with Crippen LogP contribution in [-0.2, 0) is 11.3 Å². The molecule has 2 N–H and O–H groups in total. The van der Waals surface area contributed by atoms with Crippen LogP contribution in [0, 0.1) is 34.7 Å². The first-order valence-electron chi connectivity index (χ1n) is 13.2. The highest BCUT2D eigenvalue weighted by atomic mass is 19.1. The van der Waals surface area contributed by atoms with E-state index in [0.29, 0.717) is 23.9 Å². The number of nitrogens with one attached hydrogen (secondary N) is 1. The van der Waals surface area contributed by atoms with Crippen molar-refractivity contribution in [2.75, 3.05) is 19.6 Å². The Balaban J connectivity index is 1.89. The first-order valence-corrected chi connectivity index (χ1v) is 13.2. The van der Waals surface area contributed by atoms with Crippen LogP contribution in [0.3, 0.4) is 0 Å². The van der Waals surface area contributed by atoms with Crippen molar-refractivity contribution >= 4 is 5.91 Å². The molecule has 0 aliphatic carbocycles. The summed E-state index contributed by atoms with van der Waals surface area (Å²) >= 11 is 0. The average Bonchev–Trinajstić information content (AvgIpc) is 3.44. The summed E-state index contributed by atoms with van der Waals surface area (Å²) in [5.74, 6) is -1.50. The molecule has 1 aromatic heterocycles. The molecule has 1 amide bonds. The quantitative estimate of drug-likeness (QED) is 0.435. The highest BCUT2D eigenvalue weighted by Crippen LogP contribution is 2.40. The largest absolute Gasteiger partial charge is 0.384 e. The molecule has 4 atom stereocenters. The molecule has 1 fully saturated rings. The zero-order valence-corrected chi connectivity index (χ0v) is 23.0. The lowest BCUT2D eigenvalue weighted by Crippen LogP contribution is -2.48. The lowest BCUT2D eigenvalue weighted by atomic mass is 9.83. The Labute approximate surface area is 227 Å². The van der Waals surface area contributed by atoms with E-state index in [-0.39, 0.29) is 23.9 Å². The summed E-state index contributed by atoms with van der Waals surface area (Å²) in [6.07, 6.45) is -1.26. The van der Waals surface area contributed by atoms with Gasteiger partial charge >= 0.3 is 0 Å². The standard InChI is InChI=1S/C29H36F3N5O2/c1-17-13-33-14-20(17)16-36(28(39)18(2)38)25(29(3,4)5)27-34-26(23-12-22(31)9-10-24(23)32)35-37(27)15-19-7-6-8-21(30)11-19/h6-12,17-18,20,25,33,38H,13-16H2,1-5H3/t17-,18-,20-,25-/m0/s1. The lowest BCUT2D eigenvalue weighted by molar-refractivity contribution is -0.146. The van der Waals surface area contributed by atoms with Gasteiger partial charge in [0.05, 0.1) is 18.2 Å². The van der Waals surface area contributed by atoms with Gasteiger partial charge in [-0.05, 0) is 73.2 Å². The van der Waals surface area contributed by atoms with E-state index in [0.717, 1.165) is 31.3 Å². The van der Waals surface area contributed by atoms with Crippen molar-refractivity contribution in [3.8, 4) is 11.4 Å². The monoisotopic (exact) mass is 543 g/mol. The minimum absolute atomic E-state index is 0.0481. The molecule has 1 aliphatic heterocycles. The Morgan fingerprint density at radius 3 is 2.49 bits per heavy atom. The molecule has 1 aliphatic rings. The van der Waals surface area contributed by atoms with Gasteiger partial charge in [-0.1, -0.05) is 39.8 Å². The molecule has 3 aromatic rings. The summed E-state index contributed by atoms with van der Waals surface area (Å²) in [7, 11) is 0. The topological polar surface area (TPSA) is 83.3 Å². The number of carbonyl (C=O) groups excluding carboxylic acids is 1. The van der Waals surface area contributed by atoms with E-state index in [1.807, 2.05) is 20.8 Å². The maximum absolute atomic E-state index is 14.8. The molecule has 39 heavy (non-hydrogen) atoms. The number of aliphatic hydroxyl groups is 1. The molecule has 0 spiro atoms. The van der Waals surface area contributed by atoms with Crippen LogP contribution in [0.4, 0.5) is 13.2 Å². The third-order valence-electron chi connectivity index (χ3n) is 7.22. The Bertz CT molecular complexity index is 1320. The van der Waals surface area contributed by atoms with Crippen LogP contribution in [-0.4, -0.2) is 56.4 Å². The molecule has 2 aromatic carbocycles. The summed E-state index contributed by atoms with van der Waals surface area (Å²) in [6, 6.07) is 8.36. The van der Waals surface area contributed by atoms with Crippen LogP contribution in [0.1, 0.15) is 52.0 Å². The molecule has 2 heterocycles. The van der Waals surface area contributed by atoms with Crippen molar-refractivity contribution in [3.63, 3.8) is 0 Å². The second kappa shape index (κ2) is 11.5. The zero-order valence-electron chi connectivity index (χ0n) is 23.0. The van der Waals surface area contributed by atoms with Crippen LogP contribution in [0.25, 0.3) is 11.4 Å². The molecular weight excluding hydrogens is 507 g/mol. The van der Waals surface area contributed by atoms with E-state index >= 15 is 0 Å². The summed E-state index contributed by atoms with van der Waals surface area (Å²) < 4.78 is 44.5. The number of nitrogens with zero attached hydrogens (tertiary/aromatic N) is 4. The predicted molar refractivity (Wildman–Crippen MR) is 142 cm³/mol. The van der Waals surface area contributed by atoms with Crippen molar-refractivity contribution in [3.05, 3.63) is 71.3 Å². The summed E-state index contributed by atoms with van der Waals surface area (Å²) in [6.45, 7) is 11.4. The van der Waals surface area contributed by atoms with E-state index in [1.54, 1.807) is 17.0 Å². The fourth-order valence-corrected chi connectivity index (χ4v) is 5.18. The number of hydrogen-bond donors (Lipinski definition) is 2. The van der Waals surface area contributed by atoms with Gasteiger partial charge < -0.3 is 15.3 Å². The smallest absolute Gasteiger partial charge is 0.251 e. The zero-order chi connectivity index (χ0) is 28.5. The number of hydrogen-bond acceptors (Lipinski definition) is 5. The SMILES string of the molecule is C[C@H](O)C(=O)N(C[C@@H]1CNC[C@@H]1C)[C@@H](c1nc(-c2cc(F)ccc2F)nn1Cc1cccc(F)c1)C(C)(C)C. The molecule has 0 bridgehead atoms. The van der Waals surface area contributed by atoms with Gasteiger partial charge in [0.1, 0.15) is 23.6 Å². The van der Waals surface area contributed by atoms with Gasteiger partial charge in [-0.25, -0.2) is 22.8 Å². The van der Waals surface area contributed by atoms with Crippen molar-refractivity contribution < 1.29 is 23.1 Å². The normalized spacial score (nSPS) is 19.2. The molecule has 10 heteroatoms. The van der Waals surface area contributed by atoms with E-state index in [4.69, 9.17) is 0 Å². The number of aromatic nitrogens is 3. The maximum atomic E-state index is 14.8. The van der Waals surface area contributed by atoms with E-state index in [2.05, 4.69) is 22.3 Å². The summed E-state index contributed by atoms with van der Waals surface area (Å²) in [5, 5.41) is 18.3. The number of halogens is 3. The molecule has 210 valence electrons. The van der Waals surface area contributed by atoms with Gasteiger partial charge in [0, 0.05) is 6.54 Å². The fraction of sp³-hybridized carbons (Fsp3) is 0.483. The second-order valence-corrected chi connectivity index (χ2v) is 11.5. The van der Waals surface area contributed by atoms with E-state index < -0.39 is 40.9 Å². The number of rotatable bonds is 8. The lowest BCUT2D eigenvalue weighted by Gasteiger charge is -2.41. The molecule has 7 nitrogen and oxygen atoms in total. The Morgan fingerprint density at radius 1 is 1.15 bits per heavy atom. The summed E-state index contributed by atoms with van der Waals surface area (Å²) in [4.78, 5) is 19.8. The van der Waals surface area contributed by atoms with Crippen LogP contribution in [0.2, 0.25) is 0 Å². The first-order chi connectivity index (χ1) is 18.3. The van der Waals surface area contributed by atoms with Crippen molar-refractivity contribution in [1.29, 1.82) is 0 Å². The predicted octanol–water partition coefficient (Wildman–Crippen LogP) is 4.56. The van der Waals surface area contributed by atoms with Crippen molar-refractivity contribution in [2.45, 2.75) is 53.3 Å². The van der Waals surface area contributed by atoms with Gasteiger partial charge in [0.2, 0.25) is 0 Å².